The van der Waals surface area contributed by atoms with Crippen LogP contribution in [0.3, 0.4) is 0 Å². The maximum absolute atomic E-state index is 12.3. The summed E-state index contributed by atoms with van der Waals surface area (Å²) in [5, 5.41) is 12.8. The SMILES string of the molecule is N=C(N)CCCCC[C@H](N)C(=O)NCCOc1cc(CS)c(CS)cc1OCCNC(=O)[C@@H](N)CCCCN=C(N)N. The van der Waals surface area contributed by atoms with E-state index in [0.717, 1.165) is 43.2 Å². The fourth-order valence-electron chi connectivity index (χ4n) is 3.90. The fourth-order valence-corrected chi connectivity index (χ4v) is 4.49. The van der Waals surface area contributed by atoms with Gasteiger partial charge in [-0.3, -0.25) is 20.0 Å². The van der Waals surface area contributed by atoms with Gasteiger partial charge in [-0.1, -0.05) is 12.8 Å². The molecule has 1 aromatic carbocycles. The number of guanidine groups is 1. The van der Waals surface area contributed by atoms with E-state index in [0.29, 0.717) is 48.8 Å². The number of nitrogens with zero attached hydrogens (tertiary/aromatic N) is 1. The van der Waals surface area contributed by atoms with Crippen LogP contribution < -0.4 is 48.8 Å². The number of carbonyl (C=O) groups excluding carboxylic acids is 2. The zero-order chi connectivity index (χ0) is 31.3. The molecule has 0 aromatic heterocycles. The fraction of sp³-hybridized carbons (Fsp3) is 0.630. The van der Waals surface area contributed by atoms with Gasteiger partial charge in [0.2, 0.25) is 11.8 Å². The van der Waals surface area contributed by atoms with Crippen molar-refractivity contribution in [1.29, 1.82) is 5.41 Å². The molecule has 0 fully saturated rings. The Bertz CT molecular complexity index is 1010. The first-order chi connectivity index (χ1) is 20.1. The molecule has 0 heterocycles. The van der Waals surface area contributed by atoms with Crippen LogP contribution in [0.2, 0.25) is 0 Å². The number of carbonyl (C=O) groups is 2. The van der Waals surface area contributed by atoms with Crippen LogP contribution in [0.15, 0.2) is 17.1 Å². The third-order valence-electron chi connectivity index (χ3n) is 6.28. The van der Waals surface area contributed by atoms with Crippen molar-refractivity contribution in [2.24, 2.45) is 33.7 Å². The predicted molar refractivity (Wildman–Crippen MR) is 174 cm³/mol. The van der Waals surface area contributed by atoms with Crippen molar-refractivity contribution in [2.75, 3.05) is 32.8 Å². The topological polar surface area (TPSA) is 243 Å². The summed E-state index contributed by atoms with van der Waals surface area (Å²) in [5.41, 5.74) is 29.8. The molecule has 2 atom stereocenters. The number of rotatable bonds is 23. The minimum Gasteiger partial charge on any atom is -0.488 e. The summed E-state index contributed by atoms with van der Waals surface area (Å²) in [6.07, 6.45) is 5.55. The second kappa shape index (κ2) is 21.8. The second-order valence-electron chi connectivity index (χ2n) is 9.80. The van der Waals surface area contributed by atoms with Crippen molar-refractivity contribution in [3.8, 4) is 11.5 Å². The van der Waals surface area contributed by atoms with Crippen LogP contribution in [0.5, 0.6) is 11.5 Å². The standard InChI is InChI=1S/C27H49N9O4S2/c28-20(6-2-1-3-8-24(30)31)25(37)34-10-12-39-22-14-18(16-41)19(17-42)15-23(22)40-13-11-35-26(38)21(29)7-4-5-9-36-27(32)33/h14-15,20-21,41-42H,1-13,16-17,28-29H2,(H3,30,31)(H,34,37)(H,35,38)(H4,32,33,36)/t20-,21-/m0/s1. The molecule has 0 unspecified atom stereocenters. The largest absolute Gasteiger partial charge is 0.488 e. The van der Waals surface area contributed by atoms with E-state index in [1.165, 1.54) is 0 Å². The zero-order valence-corrected chi connectivity index (χ0v) is 26.1. The van der Waals surface area contributed by atoms with Crippen molar-refractivity contribution in [3.05, 3.63) is 23.3 Å². The third kappa shape index (κ3) is 15.9. The predicted octanol–water partition coefficient (Wildman–Crippen LogP) is 0.521. The van der Waals surface area contributed by atoms with Crippen LogP contribution in [0.4, 0.5) is 0 Å². The number of amidine groups is 1. The third-order valence-corrected chi connectivity index (χ3v) is 6.96. The van der Waals surface area contributed by atoms with Gasteiger partial charge in [0, 0.05) is 24.5 Å². The highest BCUT2D eigenvalue weighted by Gasteiger charge is 2.15. The summed E-state index contributed by atoms with van der Waals surface area (Å²) < 4.78 is 11.9. The van der Waals surface area contributed by atoms with Gasteiger partial charge < -0.3 is 48.8 Å². The first kappa shape index (κ1) is 37.1. The van der Waals surface area contributed by atoms with Crippen molar-refractivity contribution < 1.29 is 19.1 Å². The van der Waals surface area contributed by atoms with E-state index in [1.807, 2.05) is 12.1 Å². The molecule has 238 valence electrons. The number of benzene rings is 1. The molecule has 0 aliphatic carbocycles. The molecule has 13 nitrogen and oxygen atoms in total. The Balaban J connectivity index is 2.52. The molecule has 0 bridgehead atoms. The number of nitrogens with two attached hydrogens (primary N) is 5. The van der Waals surface area contributed by atoms with Crippen molar-refractivity contribution >= 4 is 48.9 Å². The average molecular weight is 628 g/mol. The van der Waals surface area contributed by atoms with Crippen LogP contribution in [-0.2, 0) is 21.1 Å². The molecular formula is C27H49N9O4S2. The molecule has 2 amide bonds. The van der Waals surface area contributed by atoms with Crippen LogP contribution in [0.1, 0.15) is 62.5 Å². The van der Waals surface area contributed by atoms with E-state index >= 15 is 0 Å². The number of unbranched alkanes of at least 4 members (excludes halogenated alkanes) is 3. The molecule has 15 heteroatoms. The minimum atomic E-state index is -0.636. The lowest BCUT2D eigenvalue weighted by Crippen LogP contribution is -2.42. The number of ether oxygens (including phenoxy) is 2. The quantitative estimate of drug-likeness (QED) is 0.0351. The molecule has 0 aliphatic rings. The molecule has 0 aliphatic heterocycles. The summed E-state index contributed by atoms with van der Waals surface area (Å²) in [7, 11) is 0. The molecule has 0 radical (unpaired) electrons. The summed E-state index contributed by atoms with van der Waals surface area (Å²) in [6.45, 7) is 1.42. The van der Waals surface area contributed by atoms with Gasteiger partial charge in [0.1, 0.15) is 13.2 Å². The van der Waals surface area contributed by atoms with Gasteiger partial charge in [-0.05, 0) is 55.4 Å². The molecule has 0 saturated heterocycles. The zero-order valence-electron chi connectivity index (χ0n) is 24.3. The van der Waals surface area contributed by atoms with E-state index in [4.69, 9.17) is 43.6 Å². The lowest BCUT2D eigenvalue weighted by atomic mass is 10.1. The van der Waals surface area contributed by atoms with Crippen LogP contribution in [-0.4, -0.2) is 68.5 Å². The minimum absolute atomic E-state index is 0.0458. The molecule has 42 heavy (non-hydrogen) atoms. The molecule has 13 N–H and O–H groups in total. The summed E-state index contributed by atoms with van der Waals surface area (Å²) in [4.78, 5) is 28.5. The molecule has 0 spiro atoms. The number of hydrogen-bond donors (Lipinski definition) is 10. The van der Waals surface area contributed by atoms with E-state index in [1.54, 1.807) is 0 Å². The molecule has 0 saturated carbocycles. The van der Waals surface area contributed by atoms with Gasteiger partial charge in [0.25, 0.3) is 0 Å². The number of amides is 2. The number of aliphatic imine (C=N–C) groups is 1. The average Bonchev–Trinajstić information content (AvgIpc) is 2.96. The van der Waals surface area contributed by atoms with Gasteiger partial charge in [0.15, 0.2) is 17.5 Å². The lowest BCUT2D eigenvalue weighted by molar-refractivity contribution is -0.123. The maximum Gasteiger partial charge on any atom is 0.237 e. The van der Waals surface area contributed by atoms with Crippen molar-refractivity contribution in [1.82, 2.24) is 10.6 Å². The number of nitrogens with one attached hydrogen (secondary N) is 3. The monoisotopic (exact) mass is 627 g/mol. The Morgan fingerprint density at radius 2 is 1.29 bits per heavy atom. The normalized spacial score (nSPS) is 12.2. The van der Waals surface area contributed by atoms with Crippen molar-refractivity contribution in [2.45, 2.75) is 75.0 Å². The van der Waals surface area contributed by atoms with Crippen LogP contribution >= 0.6 is 25.3 Å². The van der Waals surface area contributed by atoms with E-state index < -0.39 is 12.1 Å². The van der Waals surface area contributed by atoms with E-state index in [-0.39, 0.29) is 49.9 Å². The Hall–Kier alpha value is -2.88. The Morgan fingerprint density at radius 1 is 0.810 bits per heavy atom. The highest BCUT2D eigenvalue weighted by Crippen LogP contribution is 2.32. The van der Waals surface area contributed by atoms with Gasteiger partial charge in [-0.2, -0.15) is 25.3 Å². The van der Waals surface area contributed by atoms with E-state index in [2.05, 4.69) is 40.9 Å². The number of thiol groups is 2. The Morgan fingerprint density at radius 3 is 1.71 bits per heavy atom. The van der Waals surface area contributed by atoms with Crippen molar-refractivity contribution in [3.63, 3.8) is 0 Å². The van der Waals surface area contributed by atoms with Gasteiger partial charge in [0.05, 0.1) is 31.0 Å². The molecular weight excluding hydrogens is 578 g/mol. The highest BCUT2D eigenvalue weighted by molar-refractivity contribution is 7.79. The van der Waals surface area contributed by atoms with E-state index in [9.17, 15) is 9.59 Å². The Labute approximate surface area is 259 Å². The van der Waals surface area contributed by atoms with Gasteiger partial charge >= 0.3 is 0 Å². The number of hydrogen-bond acceptors (Lipinski definition) is 10. The summed E-state index contributed by atoms with van der Waals surface area (Å²) in [5.74, 6) is 1.69. The Kier molecular flexibility index (Phi) is 19.3. The smallest absolute Gasteiger partial charge is 0.237 e. The summed E-state index contributed by atoms with van der Waals surface area (Å²) >= 11 is 8.80. The summed E-state index contributed by atoms with van der Waals surface area (Å²) in [6, 6.07) is 2.45. The first-order valence-electron chi connectivity index (χ1n) is 14.2. The second-order valence-corrected chi connectivity index (χ2v) is 10.4. The molecule has 1 rings (SSSR count). The first-order valence-corrected chi connectivity index (χ1v) is 15.4. The van der Waals surface area contributed by atoms with Gasteiger partial charge in [-0.25, -0.2) is 0 Å². The highest BCUT2D eigenvalue weighted by atomic mass is 32.1. The van der Waals surface area contributed by atoms with Crippen LogP contribution in [0.25, 0.3) is 0 Å². The lowest BCUT2D eigenvalue weighted by Gasteiger charge is -2.18. The van der Waals surface area contributed by atoms with Crippen LogP contribution in [0, 0.1) is 5.41 Å². The molecule has 1 aromatic rings. The maximum atomic E-state index is 12.3. The van der Waals surface area contributed by atoms with Gasteiger partial charge in [-0.15, -0.1) is 0 Å².